The fourth-order valence-corrected chi connectivity index (χ4v) is 1.89. The summed E-state index contributed by atoms with van der Waals surface area (Å²) in [6.07, 6.45) is 3.48. The first-order chi connectivity index (χ1) is 12.1. The number of methoxy groups -OCH3 is 1. The number of rotatable bonds is 10. The summed E-state index contributed by atoms with van der Waals surface area (Å²) in [6.45, 7) is 2.00. The SMILES string of the molecule is CCOC(=O)CCCNC(=O)COC(=O)C=Cc1ccccc1OC. The zero-order valence-corrected chi connectivity index (χ0v) is 14.4. The Hall–Kier alpha value is -2.83. The van der Waals surface area contributed by atoms with Crippen molar-refractivity contribution in [1.82, 2.24) is 5.32 Å². The van der Waals surface area contributed by atoms with Crippen molar-refractivity contribution in [3.05, 3.63) is 35.9 Å². The van der Waals surface area contributed by atoms with Gasteiger partial charge < -0.3 is 19.5 Å². The predicted molar refractivity (Wildman–Crippen MR) is 91.9 cm³/mol. The summed E-state index contributed by atoms with van der Waals surface area (Å²) in [6, 6.07) is 7.20. The summed E-state index contributed by atoms with van der Waals surface area (Å²) >= 11 is 0. The zero-order valence-electron chi connectivity index (χ0n) is 14.4. The van der Waals surface area contributed by atoms with Gasteiger partial charge in [0.05, 0.1) is 13.7 Å². The minimum Gasteiger partial charge on any atom is -0.496 e. The van der Waals surface area contributed by atoms with Crippen LogP contribution in [0.1, 0.15) is 25.3 Å². The van der Waals surface area contributed by atoms with Gasteiger partial charge in [-0.25, -0.2) is 4.79 Å². The number of hydrogen-bond acceptors (Lipinski definition) is 6. The molecule has 1 aromatic rings. The molecule has 0 radical (unpaired) electrons. The molecule has 25 heavy (non-hydrogen) atoms. The molecule has 0 atom stereocenters. The van der Waals surface area contributed by atoms with Crippen molar-refractivity contribution < 1.29 is 28.6 Å². The van der Waals surface area contributed by atoms with Crippen molar-refractivity contribution in [2.45, 2.75) is 19.8 Å². The van der Waals surface area contributed by atoms with E-state index in [1.165, 1.54) is 13.2 Å². The molecule has 0 bridgehead atoms. The molecule has 0 aromatic heterocycles. The molecule has 0 spiro atoms. The maximum atomic E-state index is 11.6. The van der Waals surface area contributed by atoms with Crippen LogP contribution in [-0.2, 0) is 23.9 Å². The highest BCUT2D eigenvalue weighted by Crippen LogP contribution is 2.18. The second-order valence-corrected chi connectivity index (χ2v) is 4.94. The van der Waals surface area contributed by atoms with Crippen LogP contribution in [0.5, 0.6) is 5.75 Å². The molecule has 0 fully saturated rings. The van der Waals surface area contributed by atoms with Crippen molar-refractivity contribution >= 4 is 23.9 Å². The van der Waals surface area contributed by atoms with Gasteiger partial charge in [0, 0.05) is 24.6 Å². The summed E-state index contributed by atoms with van der Waals surface area (Å²) in [7, 11) is 1.54. The summed E-state index contributed by atoms with van der Waals surface area (Å²) in [4.78, 5) is 34.3. The molecule has 0 aliphatic rings. The average molecular weight is 349 g/mol. The highest BCUT2D eigenvalue weighted by Gasteiger charge is 2.06. The van der Waals surface area contributed by atoms with Gasteiger partial charge >= 0.3 is 11.9 Å². The van der Waals surface area contributed by atoms with Crippen molar-refractivity contribution in [2.24, 2.45) is 0 Å². The first kappa shape index (κ1) is 20.2. The quantitative estimate of drug-likeness (QED) is 0.393. The second-order valence-electron chi connectivity index (χ2n) is 4.94. The van der Waals surface area contributed by atoms with E-state index in [0.29, 0.717) is 25.3 Å². The lowest BCUT2D eigenvalue weighted by atomic mass is 10.2. The van der Waals surface area contributed by atoms with Crippen LogP contribution >= 0.6 is 0 Å². The standard InChI is InChI=1S/C18H23NO6/c1-3-24-17(21)9-6-12-19-16(20)13-25-18(22)11-10-14-7-4-5-8-15(14)23-2/h4-5,7-8,10-11H,3,6,9,12-13H2,1-2H3,(H,19,20). The molecule has 136 valence electrons. The zero-order chi connectivity index (χ0) is 18.5. The molecule has 1 aromatic carbocycles. The minimum atomic E-state index is -0.632. The number of ether oxygens (including phenoxy) is 3. The Morgan fingerprint density at radius 1 is 1.16 bits per heavy atom. The van der Waals surface area contributed by atoms with E-state index in [-0.39, 0.29) is 19.0 Å². The number of benzene rings is 1. The number of carbonyl (C=O) groups is 3. The highest BCUT2D eigenvalue weighted by atomic mass is 16.5. The largest absolute Gasteiger partial charge is 0.496 e. The number of amides is 1. The van der Waals surface area contributed by atoms with Crippen LogP contribution in [0, 0.1) is 0 Å². The number of carbonyl (C=O) groups excluding carboxylic acids is 3. The fourth-order valence-electron chi connectivity index (χ4n) is 1.89. The van der Waals surface area contributed by atoms with Crippen LogP contribution in [0.3, 0.4) is 0 Å². The number of nitrogens with one attached hydrogen (secondary N) is 1. The smallest absolute Gasteiger partial charge is 0.331 e. The van der Waals surface area contributed by atoms with Crippen molar-refractivity contribution in [2.75, 3.05) is 26.9 Å². The summed E-state index contributed by atoms with van der Waals surface area (Å²) in [5, 5.41) is 2.56. The molecule has 0 saturated heterocycles. The maximum Gasteiger partial charge on any atom is 0.331 e. The average Bonchev–Trinajstić information content (AvgIpc) is 2.62. The van der Waals surface area contributed by atoms with Crippen LogP contribution in [-0.4, -0.2) is 44.7 Å². The lowest BCUT2D eigenvalue weighted by Gasteiger charge is -2.06. The topological polar surface area (TPSA) is 90.9 Å². The molecule has 1 N–H and O–H groups in total. The van der Waals surface area contributed by atoms with E-state index in [4.69, 9.17) is 14.2 Å². The highest BCUT2D eigenvalue weighted by molar-refractivity contribution is 5.89. The van der Waals surface area contributed by atoms with E-state index in [9.17, 15) is 14.4 Å². The Balaban J connectivity index is 2.26. The molecule has 7 nitrogen and oxygen atoms in total. The molecule has 1 rings (SSSR count). The lowest BCUT2D eigenvalue weighted by molar-refractivity contribution is -0.143. The van der Waals surface area contributed by atoms with Gasteiger partial charge in [0.25, 0.3) is 5.91 Å². The molecule has 0 aliphatic heterocycles. The van der Waals surface area contributed by atoms with Gasteiger partial charge in [0.1, 0.15) is 5.75 Å². The number of esters is 2. The second kappa shape index (κ2) is 11.7. The Morgan fingerprint density at radius 2 is 1.92 bits per heavy atom. The normalized spacial score (nSPS) is 10.3. The van der Waals surface area contributed by atoms with Crippen molar-refractivity contribution in [1.29, 1.82) is 0 Å². The van der Waals surface area contributed by atoms with E-state index in [2.05, 4.69) is 5.32 Å². The summed E-state index contributed by atoms with van der Waals surface area (Å²) in [5.74, 6) is -0.731. The third kappa shape index (κ3) is 8.55. The third-order valence-corrected chi connectivity index (χ3v) is 3.07. The third-order valence-electron chi connectivity index (χ3n) is 3.07. The van der Waals surface area contributed by atoms with Gasteiger partial charge in [-0.05, 0) is 25.5 Å². The first-order valence-corrected chi connectivity index (χ1v) is 7.97. The molecule has 0 heterocycles. The Kier molecular flexibility index (Phi) is 9.43. The van der Waals surface area contributed by atoms with Gasteiger partial charge in [-0.2, -0.15) is 0 Å². The van der Waals surface area contributed by atoms with Gasteiger partial charge in [-0.3, -0.25) is 9.59 Å². The minimum absolute atomic E-state index is 0.232. The number of hydrogen-bond donors (Lipinski definition) is 1. The van der Waals surface area contributed by atoms with E-state index in [1.54, 1.807) is 25.1 Å². The van der Waals surface area contributed by atoms with E-state index >= 15 is 0 Å². The molecular formula is C18H23NO6. The monoisotopic (exact) mass is 349 g/mol. The molecule has 0 aliphatic carbocycles. The Labute approximate surface area is 146 Å². The van der Waals surface area contributed by atoms with Crippen LogP contribution in [0.2, 0.25) is 0 Å². The van der Waals surface area contributed by atoms with E-state index in [0.717, 1.165) is 5.56 Å². The van der Waals surface area contributed by atoms with Crippen molar-refractivity contribution in [3.8, 4) is 5.75 Å². The summed E-state index contributed by atoms with van der Waals surface area (Å²) < 4.78 is 14.8. The van der Waals surface area contributed by atoms with E-state index < -0.39 is 11.9 Å². The predicted octanol–water partition coefficient (Wildman–Crippen LogP) is 1.71. The van der Waals surface area contributed by atoms with Gasteiger partial charge in [0.2, 0.25) is 0 Å². The molecule has 7 heteroatoms. The van der Waals surface area contributed by atoms with Crippen LogP contribution in [0.25, 0.3) is 6.08 Å². The Morgan fingerprint density at radius 3 is 2.64 bits per heavy atom. The van der Waals surface area contributed by atoms with Crippen molar-refractivity contribution in [3.63, 3.8) is 0 Å². The molecule has 0 saturated carbocycles. The fraction of sp³-hybridized carbons (Fsp3) is 0.389. The van der Waals surface area contributed by atoms with Gasteiger partial charge in [0.15, 0.2) is 6.61 Å². The lowest BCUT2D eigenvalue weighted by Crippen LogP contribution is -2.29. The van der Waals surface area contributed by atoms with Gasteiger partial charge in [-0.15, -0.1) is 0 Å². The summed E-state index contributed by atoms with van der Waals surface area (Å²) in [5.41, 5.74) is 0.727. The molecule has 0 unspecified atom stereocenters. The van der Waals surface area contributed by atoms with Crippen LogP contribution in [0.4, 0.5) is 0 Å². The Bertz CT molecular complexity index is 611. The maximum absolute atomic E-state index is 11.6. The van der Waals surface area contributed by atoms with Gasteiger partial charge in [-0.1, -0.05) is 18.2 Å². The molecular weight excluding hydrogens is 326 g/mol. The van der Waals surface area contributed by atoms with E-state index in [1.807, 2.05) is 12.1 Å². The number of para-hydroxylation sites is 1. The van der Waals surface area contributed by atoms with Crippen LogP contribution in [0.15, 0.2) is 30.3 Å². The molecule has 1 amide bonds. The first-order valence-electron chi connectivity index (χ1n) is 7.97. The van der Waals surface area contributed by atoms with Crippen LogP contribution < -0.4 is 10.1 Å².